The van der Waals surface area contributed by atoms with Gasteiger partial charge in [-0.25, -0.2) is 4.85 Å². The second-order valence-corrected chi connectivity index (χ2v) is 8.71. The fourth-order valence-electron chi connectivity index (χ4n) is 4.14. The maximum Gasteiger partial charge on any atom is 0.303 e. The van der Waals surface area contributed by atoms with Crippen LogP contribution < -0.4 is 4.74 Å². The van der Waals surface area contributed by atoms with E-state index in [1.165, 1.54) is 11.1 Å². The average Bonchev–Trinajstić information content (AvgIpc) is 3.22. The van der Waals surface area contributed by atoms with Crippen LogP contribution in [0.5, 0.6) is 5.75 Å². The first-order valence-corrected chi connectivity index (χ1v) is 11.5. The highest BCUT2D eigenvalue weighted by atomic mass is 16.5. The van der Waals surface area contributed by atoms with E-state index in [1.54, 1.807) is 12.1 Å². The summed E-state index contributed by atoms with van der Waals surface area (Å²) in [5.41, 5.74) is 4.53. The molecule has 1 aliphatic heterocycles. The molecule has 176 valence electrons. The molecule has 0 saturated heterocycles. The van der Waals surface area contributed by atoms with Crippen LogP contribution >= 0.6 is 0 Å². The Morgan fingerprint density at radius 1 is 1.18 bits per heavy atom. The maximum atomic E-state index is 10.8. The van der Waals surface area contributed by atoms with Gasteiger partial charge in [0, 0.05) is 30.6 Å². The van der Waals surface area contributed by atoms with Gasteiger partial charge in [-0.3, -0.25) is 4.79 Å². The van der Waals surface area contributed by atoms with E-state index < -0.39 is 5.97 Å². The number of ether oxygens (including phenoxy) is 1. The molecule has 34 heavy (non-hydrogen) atoms. The van der Waals surface area contributed by atoms with Crippen molar-refractivity contribution >= 4 is 11.7 Å². The molecule has 0 saturated carbocycles. The number of hydrogen-bond acceptors (Lipinski definition) is 6. The maximum absolute atomic E-state index is 10.8. The largest absolute Gasteiger partial charge is 0.502 e. The average molecular weight is 461 g/mol. The van der Waals surface area contributed by atoms with Crippen LogP contribution in [0.4, 0.5) is 5.69 Å². The zero-order valence-corrected chi connectivity index (χ0v) is 19.5. The molecule has 4 rings (SSSR count). The molecule has 1 aliphatic rings. The molecule has 0 aliphatic carbocycles. The Hall–Kier alpha value is -3.70. The lowest BCUT2D eigenvalue weighted by Crippen LogP contribution is -2.27. The van der Waals surface area contributed by atoms with Crippen LogP contribution in [0, 0.1) is 6.57 Å². The SMILES string of the molecule is [C-]#[N+]c1cc(-c2nc(-c3ccc4c(c3)CCN(CCCC(=O)O)CC4)no2)ccc1OC(C)C. The van der Waals surface area contributed by atoms with Crippen molar-refractivity contribution in [3.05, 3.63) is 58.9 Å². The highest BCUT2D eigenvalue weighted by molar-refractivity contribution is 5.69. The van der Waals surface area contributed by atoms with E-state index in [0.717, 1.165) is 38.0 Å². The van der Waals surface area contributed by atoms with Crippen LogP contribution in [0.25, 0.3) is 27.7 Å². The molecule has 0 radical (unpaired) electrons. The first kappa shape index (κ1) is 23.5. The van der Waals surface area contributed by atoms with Gasteiger partial charge < -0.3 is 19.3 Å². The van der Waals surface area contributed by atoms with Crippen molar-refractivity contribution in [3.63, 3.8) is 0 Å². The molecule has 2 aromatic carbocycles. The summed E-state index contributed by atoms with van der Waals surface area (Å²) < 4.78 is 11.2. The minimum Gasteiger partial charge on any atom is -0.502 e. The van der Waals surface area contributed by atoms with Gasteiger partial charge in [-0.05, 0) is 75.0 Å². The van der Waals surface area contributed by atoms with Crippen molar-refractivity contribution in [2.75, 3.05) is 19.6 Å². The van der Waals surface area contributed by atoms with E-state index in [0.29, 0.717) is 35.1 Å². The number of carbonyl (C=O) groups is 1. The fourth-order valence-corrected chi connectivity index (χ4v) is 4.14. The van der Waals surface area contributed by atoms with E-state index in [4.69, 9.17) is 20.9 Å². The molecule has 8 heteroatoms. The minimum absolute atomic E-state index is 0.0219. The van der Waals surface area contributed by atoms with Crippen molar-refractivity contribution in [2.45, 2.75) is 45.6 Å². The van der Waals surface area contributed by atoms with Crippen molar-refractivity contribution < 1.29 is 19.2 Å². The van der Waals surface area contributed by atoms with Crippen LogP contribution in [0.15, 0.2) is 40.9 Å². The van der Waals surface area contributed by atoms with Crippen molar-refractivity contribution in [3.8, 4) is 28.6 Å². The molecule has 3 aromatic rings. The van der Waals surface area contributed by atoms with Crippen LogP contribution in [0.1, 0.15) is 37.8 Å². The van der Waals surface area contributed by atoms with Crippen LogP contribution in [0.3, 0.4) is 0 Å². The predicted octanol–water partition coefficient (Wildman–Crippen LogP) is 5.01. The molecule has 0 fully saturated rings. The van der Waals surface area contributed by atoms with Crippen molar-refractivity contribution in [2.24, 2.45) is 0 Å². The molecular formula is C26H28N4O4. The van der Waals surface area contributed by atoms with Gasteiger partial charge in [0.2, 0.25) is 11.5 Å². The topological polar surface area (TPSA) is 93.1 Å². The van der Waals surface area contributed by atoms with Gasteiger partial charge in [-0.1, -0.05) is 17.3 Å². The molecule has 1 N–H and O–H groups in total. The first-order valence-electron chi connectivity index (χ1n) is 11.5. The Balaban J connectivity index is 1.49. The Morgan fingerprint density at radius 2 is 1.94 bits per heavy atom. The second-order valence-electron chi connectivity index (χ2n) is 8.71. The number of fused-ring (bicyclic) bond motifs is 1. The lowest BCUT2D eigenvalue weighted by molar-refractivity contribution is -0.137. The summed E-state index contributed by atoms with van der Waals surface area (Å²) in [5, 5.41) is 13.0. The predicted molar refractivity (Wildman–Crippen MR) is 128 cm³/mol. The van der Waals surface area contributed by atoms with Gasteiger partial charge in [0.15, 0.2) is 0 Å². The number of aromatic nitrogens is 2. The Kier molecular flexibility index (Phi) is 7.24. The fraction of sp³-hybridized carbons (Fsp3) is 0.385. The van der Waals surface area contributed by atoms with Crippen LogP contribution in [0.2, 0.25) is 0 Å². The van der Waals surface area contributed by atoms with Gasteiger partial charge in [-0.15, -0.1) is 0 Å². The molecule has 0 bridgehead atoms. The smallest absolute Gasteiger partial charge is 0.303 e. The standard InChI is InChI=1S/C26H28N4O4/c1-17(2)33-23-9-8-21(16-22(23)27-3)26-28-25(29-34-26)20-7-6-18-10-13-30(12-4-5-24(31)32)14-11-19(18)15-20/h6-9,15-17H,4-5,10-14H2,1-2H3,(H,31,32). The molecule has 0 unspecified atom stereocenters. The van der Waals surface area contributed by atoms with Crippen LogP contribution in [-0.2, 0) is 17.6 Å². The lowest BCUT2D eigenvalue weighted by atomic mass is 10.00. The van der Waals surface area contributed by atoms with Crippen molar-refractivity contribution in [1.82, 2.24) is 15.0 Å². The number of nitrogens with zero attached hydrogens (tertiary/aromatic N) is 4. The van der Waals surface area contributed by atoms with E-state index >= 15 is 0 Å². The van der Waals surface area contributed by atoms with Crippen LogP contribution in [-0.4, -0.2) is 51.9 Å². The van der Waals surface area contributed by atoms with Gasteiger partial charge in [0.05, 0.1) is 12.7 Å². The number of carboxylic acids is 1. The number of hydrogen-bond donors (Lipinski definition) is 1. The van der Waals surface area contributed by atoms with Gasteiger partial charge >= 0.3 is 5.97 Å². The normalized spacial score (nSPS) is 13.8. The summed E-state index contributed by atoms with van der Waals surface area (Å²) in [4.78, 5) is 21.3. The van der Waals surface area contributed by atoms with Gasteiger partial charge in [0.1, 0.15) is 5.75 Å². The zero-order chi connectivity index (χ0) is 24.1. The van der Waals surface area contributed by atoms with E-state index in [-0.39, 0.29) is 12.5 Å². The zero-order valence-electron chi connectivity index (χ0n) is 19.5. The Labute approximate surface area is 199 Å². The summed E-state index contributed by atoms with van der Waals surface area (Å²) in [5.74, 6) is 0.659. The molecule has 0 amide bonds. The molecule has 0 atom stereocenters. The van der Waals surface area contributed by atoms with E-state index in [9.17, 15) is 4.79 Å². The Morgan fingerprint density at radius 3 is 2.68 bits per heavy atom. The lowest BCUT2D eigenvalue weighted by Gasteiger charge is -2.18. The van der Waals surface area contributed by atoms with Crippen molar-refractivity contribution in [1.29, 1.82) is 0 Å². The van der Waals surface area contributed by atoms with Gasteiger partial charge in [-0.2, -0.15) is 4.98 Å². The highest BCUT2D eigenvalue weighted by Gasteiger charge is 2.18. The third-order valence-corrected chi connectivity index (χ3v) is 5.84. The summed E-state index contributed by atoms with van der Waals surface area (Å²) >= 11 is 0. The third-order valence-electron chi connectivity index (χ3n) is 5.84. The summed E-state index contributed by atoms with van der Waals surface area (Å²) in [6.07, 6.45) is 2.68. The number of aliphatic carboxylic acids is 1. The molecule has 2 heterocycles. The molecule has 0 spiro atoms. The first-order chi connectivity index (χ1) is 16.4. The Bertz CT molecular complexity index is 1210. The van der Waals surface area contributed by atoms with E-state index in [2.05, 4.69) is 32.0 Å². The highest BCUT2D eigenvalue weighted by Crippen LogP contribution is 2.34. The minimum atomic E-state index is -0.743. The molecule has 8 nitrogen and oxygen atoms in total. The number of rotatable bonds is 8. The van der Waals surface area contributed by atoms with Gasteiger partial charge in [0.25, 0.3) is 5.89 Å². The molecule has 1 aromatic heterocycles. The number of benzene rings is 2. The second kappa shape index (κ2) is 10.5. The summed E-state index contributed by atoms with van der Waals surface area (Å²) in [6, 6.07) is 11.5. The van der Waals surface area contributed by atoms with E-state index in [1.807, 2.05) is 26.0 Å². The molecular weight excluding hydrogens is 432 g/mol. The summed E-state index contributed by atoms with van der Waals surface area (Å²) in [6.45, 7) is 13.9. The monoisotopic (exact) mass is 460 g/mol. The third kappa shape index (κ3) is 5.61. The quantitative estimate of drug-likeness (QED) is 0.473. The number of carboxylic acid groups (broad SMARTS) is 1. The summed E-state index contributed by atoms with van der Waals surface area (Å²) in [7, 11) is 0.